The molecule has 3 atom stereocenters. The molecule has 27 heavy (non-hydrogen) atoms. The van der Waals surface area contributed by atoms with E-state index in [0.29, 0.717) is 24.6 Å². The third-order valence-corrected chi connectivity index (χ3v) is 4.74. The third kappa shape index (κ3) is 6.43. The summed E-state index contributed by atoms with van der Waals surface area (Å²) >= 11 is 0. The summed E-state index contributed by atoms with van der Waals surface area (Å²) < 4.78 is 5.83. The van der Waals surface area contributed by atoms with Crippen molar-refractivity contribution < 1.29 is 24.5 Å². The number of benzene rings is 1. The van der Waals surface area contributed by atoms with Gasteiger partial charge in [0, 0.05) is 19.6 Å². The van der Waals surface area contributed by atoms with Gasteiger partial charge in [-0.3, -0.25) is 0 Å². The van der Waals surface area contributed by atoms with E-state index in [9.17, 15) is 19.8 Å². The van der Waals surface area contributed by atoms with E-state index in [0.717, 1.165) is 6.42 Å². The lowest BCUT2D eigenvalue weighted by Gasteiger charge is -2.24. The van der Waals surface area contributed by atoms with E-state index >= 15 is 0 Å². The number of amides is 2. The topological polar surface area (TPSA) is 99.1 Å². The van der Waals surface area contributed by atoms with Crippen LogP contribution in [0.1, 0.15) is 33.1 Å². The maximum Gasteiger partial charge on any atom is 0.326 e. The standard InChI is InChI=1S/C20H30N2O5/c1-14(2)10-15(8-9-23)12-21-20(26)22-13-17(11-18(22)19(24)25)27-16-6-4-3-5-7-16/h3-7,14-15,17-18,23H,8-13H2,1-2H3,(H,21,26)(H,24,25)/t15?,17-,18-/m0/s1. The number of hydrogen-bond acceptors (Lipinski definition) is 4. The highest BCUT2D eigenvalue weighted by Gasteiger charge is 2.41. The molecule has 0 bridgehead atoms. The monoisotopic (exact) mass is 378 g/mol. The highest BCUT2D eigenvalue weighted by molar-refractivity contribution is 5.83. The van der Waals surface area contributed by atoms with E-state index in [1.165, 1.54) is 4.90 Å². The number of carboxylic acid groups (broad SMARTS) is 1. The fourth-order valence-corrected chi connectivity index (χ4v) is 3.52. The van der Waals surface area contributed by atoms with Crippen LogP contribution in [0.15, 0.2) is 30.3 Å². The number of ether oxygens (including phenoxy) is 1. The molecule has 1 aliphatic rings. The normalized spacial score (nSPS) is 20.5. The summed E-state index contributed by atoms with van der Waals surface area (Å²) in [4.78, 5) is 25.5. The van der Waals surface area contributed by atoms with Crippen molar-refractivity contribution >= 4 is 12.0 Å². The van der Waals surface area contributed by atoms with Crippen LogP contribution in [0.2, 0.25) is 0 Å². The van der Waals surface area contributed by atoms with E-state index < -0.39 is 18.0 Å². The molecule has 1 saturated heterocycles. The number of carbonyl (C=O) groups excluding carboxylic acids is 1. The fraction of sp³-hybridized carbons (Fsp3) is 0.600. The number of carboxylic acids is 1. The number of carbonyl (C=O) groups is 2. The first-order valence-electron chi connectivity index (χ1n) is 9.50. The van der Waals surface area contributed by atoms with Gasteiger partial charge in [-0.15, -0.1) is 0 Å². The second kappa shape index (κ2) is 10.2. The second-order valence-corrected chi connectivity index (χ2v) is 7.49. The number of urea groups is 1. The molecule has 0 spiro atoms. The predicted molar refractivity (Wildman–Crippen MR) is 102 cm³/mol. The summed E-state index contributed by atoms with van der Waals surface area (Å²) in [6, 6.07) is 7.89. The molecule has 0 aliphatic carbocycles. The number of aliphatic carboxylic acids is 1. The summed E-state index contributed by atoms with van der Waals surface area (Å²) in [5.74, 6) is 0.258. The Balaban J connectivity index is 1.95. The highest BCUT2D eigenvalue weighted by Crippen LogP contribution is 2.23. The van der Waals surface area contributed by atoms with Gasteiger partial charge in [0.05, 0.1) is 6.54 Å². The minimum atomic E-state index is -1.03. The van der Waals surface area contributed by atoms with Crippen LogP contribution in [-0.4, -0.2) is 59.0 Å². The summed E-state index contributed by atoms with van der Waals surface area (Å²) in [6.07, 6.45) is 1.40. The van der Waals surface area contributed by atoms with Gasteiger partial charge in [0.2, 0.25) is 0 Å². The highest BCUT2D eigenvalue weighted by atomic mass is 16.5. The Kier molecular flexibility index (Phi) is 7.91. The van der Waals surface area contributed by atoms with Crippen molar-refractivity contribution in [2.24, 2.45) is 11.8 Å². The maximum absolute atomic E-state index is 12.6. The zero-order chi connectivity index (χ0) is 19.8. The minimum absolute atomic E-state index is 0.0711. The van der Waals surface area contributed by atoms with Crippen LogP contribution < -0.4 is 10.1 Å². The molecule has 1 unspecified atom stereocenters. The Morgan fingerprint density at radius 3 is 2.59 bits per heavy atom. The third-order valence-electron chi connectivity index (χ3n) is 4.74. The second-order valence-electron chi connectivity index (χ2n) is 7.49. The quantitative estimate of drug-likeness (QED) is 0.613. The van der Waals surface area contributed by atoms with Gasteiger partial charge in [-0.2, -0.15) is 0 Å². The number of para-hydroxylation sites is 1. The molecule has 3 N–H and O–H groups in total. The van der Waals surface area contributed by atoms with Gasteiger partial charge in [0.1, 0.15) is 17.9 Å². The first-order valence-corrected chi connectivity index (χ1v) is 9.50. The van der Waals surface area contributed by atoms with Crippen molar-refractivity contribution in [1.29, 1.82) is 0 Å². The van der Waals surface area contributed by atoms with Gasteiger partial charge >= 0.3 is 12.0 Å². The van der Waals surface area contributed by atoms with Gasteiger partial charge in [-0.05, 0) is 36.8 Å². The average Bonchev–Trinajstić information content (AvgIpc) is 3.04. The number of aliphatic hydroxyl groups excluding tert-OH is 1. The summed E-state index contributed by atoms with van der Waals surface area (Å²) in [6.45, 7) is 4.91. The van der Waals surface area contributed by atoms with Gasteiger partial charge in [-0.25, -0.2) is 9.59 Å². The molecule has 7 nitrogen and oxygen atoms in total. The van der Waals surface area contributed by atoms with Crippen LogP contribution in [0.4, 0.5) is 4.79 Å². The number of hydrogen-bond donors (Lipinski definition) is 3. The van der Waals surface area contributed by atoms with Gasteiger partial charge in [0.25, 0.3) is 0 Å². The van der Waals surface area contributed by atoms with E-state index in [2.05, 4.69) is 19.2 Å². The van der Waals surface area contributed by atoms with Gasteiger partial charge in [0.15, 0.2) is 0 Å². The Bertz CT molecular complexity index is 608. The van der Waals surface area contributed by atoms with Crippen LogP contribution in [0, 0.1) is 11.8 Å². The van der Waals surface area contributed by atoms with E-state index in [-0.39, 0.29) is 31.6 Å². The molecule has 1 aromatic rings. The molecule has 0 saturated carbocycles. The van der Waals surface area contributed by atoms with Crippen molar-refractivity contribution in [3.63, 3.8) is 0 Å². The fourth-order valence-electron chi connectivity index (χ4n) is 3.52. The average molecular weight is 378 g/mol. The molecular weight excluding hydrogens is 348 g/mol. The Hall–Kier alpha value is -2.28. The minimum Gasteiger partial charge on any atom is -0.488 e. The molecular formula is C20H30N2O5. The van der Waals surface area contributed by atoms with Crippen LogP contribution in [0.5, 0.6) is 5.75 Å². The van der Waals surface area contributed by atoms with Crippen LogP contribution in [0.25, 0.3) is 0 Å². The molecule has 1 aromatic carbocycles. The Morgan fingerprint density at radius 2 is 2.00 bits per heavy atom. The van der Waals surface area contributed by atoms with E-state index in [1.807, 2.05) is 30.3 Å². The zero-order valence-corrected chi connectivity index (χ0v) is 16.0. The van der Waals surface area contributed by atoms with Crippen molar-refractivity contribution in [2.75, 3.05) is 19.7 Å². The number of likely N-dealkylation sites (tertiary alicyclic amines) is 1. The first kappa shape index (κ1) is 21.0. The number of nitrogens with one attached hydrogen (secondary N) is 1. The number of aliphatic hydroxyl groups is 1. The van der Waals surface area contributed by atoms with Crippen molar-refractivity contribution in [3.05, 3.63) is 30.3 Å². The van der Waals surface area contributed by atoms with Crippen LogP contribution in [-0.2, 0) is 4.79 Å². The molecule has 0 aromatic heterocycles. The molecule has 0 radical (unpaired) electrons. The van der Waals surface area contributed by atoms with Gasteiger partial charge < -0.3 is 25.2 Å². The SMILES string of the molecule is CC(C)CC(CCO)CNC(=O)N1C[C@@H](Oc2ccccc2)C[C@H]1C(=O)O. The zero-order valence-electron chi connectivity index (χ0n) is 16.0. The van der Waals surface area contributed by atoms with Crippen LogP contribution >= 0.6 is 0 Å². The maximum atomic E-state index is 12.6. The largest absolute Gasteiger partial charge is 0.488 e. The van der Waals surface area contributed by atoms with Crippen LogP contribution in [0.3, 0.4) is 0 Å². The van der Waals surface area contributed by atoms with E-state index in [1.54, 1.807) is 0 Å². The summed E-state index contributed by atoms with van der Waals surface area (Å²) in [5, 5.41) is 21.5. The molecule has 1 fully saturated rings. The first-order chi connectivity index (χ1) is 12.9. The molecule has 2 rings (SSSR count). The molecule has 150 valence electrons. The molecule has 2 amide bonds. The number of nitrogens with zero attached hydrogens (tertiary/aromatic N) is 1. The Labute approximate surface area is 160 Å². The summed E-state index contributed by atoms with van der Waals surface area (Å²) in [5.41, 5.74) is 0. The van der Waals surface area contributed by atoms with Crippen molar-refractivity contribution in [2.45, 2.75) is 45.3 Å². The van der Waals surface area contributed by atoms with E-state index in [4.69, 9.17) is 4.74 Å². The molecule has 1 aliphatic heterocycles. The molecule has 7 heteroatoms. The molecule has 1 heterocycles. The van der Waals surface area contributed by atoms with Crippen molar-refractivity contribution in [3.8, 4) is 5.75 Å². The lowest BCUT2D eigenvalue weighted by molar-refractivity contribution is -0.141. The van der Waals surface area contributed by atoms with Crippen molar-refractivity contribution in [1.82, 2.24) is 10.2 Å². The Morgan fingerprint density at radius 1 is 1.30 bits per heavy atom. The number of rotatable bonds is 9. The van der Waals surface area contributed by atoms with Gasteiger partial charge in [-0.1, -0.05) is 32.0 Å². The predicted octanol–water partition coefficient (Wildman–Crippen LogP) is 2.35. The lowest BCUT2D eigenvalue weighted by Crippen LogP contribution is -2.47. The summed E-state index contributed by atoms with van der Waals surface area (Å²) in [7, 11) is 0. The smallest absolute Gasteiger partial charge is 0.326 e. The lowest BCUT2D eigenvalue weighted by atomic mass is 9.94.